The Morgan fingerprint density at radius 1 is 0.725 bits per heavy atom. The van der Waals surface area contributed by atoms with Crippen LogP contribution in [0.3, 0.4) is 0 Å². The van der Waals surface area contributed by atoms with Gasteiger partial charge in [-0.1, -0.05) is 88.9 Å². The van der Waals surface area contributed by atoms with Gasteiger partial charge in [-0.2, -0.15) is 0 Å². The topological polar surface area (TPSA) is 51.8 Å². The molecule has 8 rings (SSSR count). The number of hydrogen-bond donors (Lipinski definition) is 0. The summed E-state index contributed by atoms with van der Waals surface area (Å²) < 4.78 is 7.72. The third kappa shape index (κ3) is 7.19. The molecule has 4 aromatic heterocycles. The van der Waals surface area contributed by atoms with Crippen LogP contribution in [0.5, 0.6) is 0 Å². The van der Waals surface area contributed by atoms with Gasteiger partial charge in [-0.3, -0.25) is 0 Å². The molecule has 0 spiro atoms. The molecule has 0 bridgehead atoms. The maximum absolute atomic E-state index is 6.54. The summed E-state index contributed by atoms with van der Waals surface area (Å²) in [4.78, 5) is 14.1. The number of fused-ring (bicyclic) bond motifs is 5. The molecule has 0 saturated heterocycles. The molecule has 6 heteroatoms. The van der Waals surface area contributed by atoms with Crippen LogP contribution >= 0.6 is 11.3 Å². The van der Waals surface area contributed by atoms with Gasteiger partial charge in [-0.05, 0) is 76.7 Å². The third-order valence-electron chi connectivity index (χ3n) is 8.96. The van der Waals surface area contributed by atoms with Crippen LogP contribution in [0.25, 0.3) is 65.8 Å². The van der Waals surface area contributed by atoms with Gasteiger partial charge in [-0.25, -0.2) is 4.98 Å². The summed E-state index contributed by atoms with van der Waals surface area (Å²) in [5.74, 6) is 0. The van der Waals surface area contributed by atoms with Crippen molar-refractivity contribution in [2.24, 2.45) is 0 Å². The van der Waals surface area contributed by atoms with Crippen LogP contribution in [0.1, 0.15) is 63.2 Å². The minimum atomic E-state index is -0.0484. The molecular formula is C45H41IrN3OS-2. The van der Waals surface area contributed by atoms with Gasteiger partial charge in [0, 0.05) is 43.3 Å². The fraction of sp³-hybridized carbons (Fsp3) is 0.222. The number of nitrogens with zero attached hydrogens (tertiary/aromatic N) is 3. The average Bonchev–Trinajstić information content (AvgIpc) is 3.71. The van der Waals surface area contributed by atoms with E-state index in [0.717, 1.165) is 55.0 Å². The molecule has 4 heterocycles. The first-order valence-electron chi connectivity index (χ1n) is 17.0. The van der Waals surface area contributed by atoms with Gasteiger partial charge in [0.25, 0.3) is 0 Å². The Bertz CT molecular complexity index is 2410. The third-order valence-corrected chi connectivity index (χ3v) is 10.5. The SMILES string of the molecule is Cc1cccc(C)c1-c1cc(-c2[c-]ccc3c2oc2ccc4nc(C(C)(C)C)sc4c23)ncc1C(C)(C)C.[Ir].[c-]1ccccc1-c1ccccn1. The molecule has 0 fully saturated rings. The molecule has 0 N–H and O–H groups in total. The van der Waals surface area contributed by atoms with Crippen LogP contribution in [0, 0.1) is 26.0 Å². The van der Waals surface area contributed by atoms with Crippen molar-refractivity contribution < 1.29 is 24.5 Å². The quantitative estimate of drug-likeness (QED) is 0.166. The zero-order chi connectivity index (χ0) is 35.2. The zero-order valence-electron chi connectivity index (χ0n) is 30.3. The molecule has 1 radical (unpaired) electrons. The van der Waals surface area contributed by atoms with E-state index in [9.17, 15) is 0 Å². The van der Waals surface area contributed by atoms with Crippen LogP contribution in [0.4, 0.5) is 0 Å². The number of benzene rings is 4. The Balaban J connectivity index is 0.000000291. The van der Waals surface area contributed by atoms with Crippen molar-refractivity contribution in [2.75, 3.05) is 0 Å². The van der Waals surface area contributed by atoms with Crippen molar-refractivity contribution in [1.29, 1.82) is 0 Å². The second-order valence-electron chi connectivity index (χ2n) is 14.9. The fourth-order valence-corrected chi connectivity index (χ4v) is 7.61. The Morgan fingerprint density at radius 2 is 1.49 bits per heavy atom. The van der Waals surface area contributed by atoms with Crippen molar-refractivity contribution in [3.05, 3.63) is 137 Å². The standard InChI is InChI=1S/C34H33N2OS.C11H8N.Ir/c1-19-11-9-12-20(2)28(19)23-17-26(35-18-24(23)33(3,4)5)21-13-10-14-22-29-27(37-30(21)22)16-15-25-31(29)38-32(36-25)34(6,7)8;1-2-6-10(7-3-1)11-8-4-5-9-12-11;/h9-12,14-18H,1-8H3;1-6,8-9H;/q2*-1;. The van der Waals surface area contributed by atoms with Gasteiger partial charge >= 0.3 is 0 Å². The van der Waals surface area contributed by atoms with Gasteiger partial charge in [0.1, 0.15) is 5.58 Å². The van der Waals surface area contributed by atoms with Gasteiger partial charge in [0.2, 0.25) is 0 Å². The van der Waals surface area contributed by atoms with E-state index in [1.165, 1.54) is 32.5 Å². The van der Waals surface area contributed by atoms with E-state index in [4.69, 9.17) is 14.4 Å². The largest absolute Gasteiger partial charge is 0.501 e. The summed E-state index contributed by atoms with van der Waals surface area (Å²) in [7, 11) is 0. The molecule has 0 aliphatic heterocycles. The number of pyridine rings is 2. The monoisotopic (exact) mass is 864 g/mol. The van der Waals surface area contributed by atoms with Gasteiger partial charge in [0.15, 0.2) is 0 Å². The van der Waals surface area contributed by atoms with E-state index in [2.05, 4.69) is 109 Å². The van der Waals surface area contributed by atoms with E-state index in [1.807, 2.05) is 60.8 Å². The summed E-state index contributed by atoms with van der Waals surface area (Å²) in [6.45, 7) is 17.8. The number of aromatic nitrogens is 3. The van der Waals surface area contributed by atoms with Crippen LogP contribution in [-0.4, -0.2) is 15.0 Å². The minimum absolute atomic E-state index is 0. The second kappa shape index (κ2) is 14.3. The van der Waals surface area contributed by atoms with Crippen molar-refractivity contribution >= 4 is 43.5 Å². The summed E-state index contributed by atoms with van der Waals surface area (Å²) in [6, 6.07) is 37.2. The number of furan rings is 1. The molecule has 0 atom stereocenters. The summed E-state index contributed by atoms with van der Waals surface area (Å²) >= 11 is 1.77. The van der Waals surface area contributed by atoms with Crippen LogP contribution in [0.15, 0.2) is 108 Å². The minimum Gasteiger partial charge on any atom is -0.501 e. The number of thiazole rings is 1. The van der Waals surface area contributed by atoms with Crippen LogP contribution in [0.2, 0.25) is 0 Å². The molecule has 0 unspecified atom stereocenters. The zero-order valence-corrected chi connectivity index (χ0v) is 33.5. The van der Waals surface area contributed by atoms with Crippen molar-refractivity contribution in [1.82, 2.24) is 15.0 Å². The molecule has 0 amide bonds. The molecule has 0 aliphatic carbocycles. The number of rotatable bonds is 3. The average molecular weight is 864 g/mol. The summed E-state index contributed by atoms with van der Waals surface area (Å²) in [5.41, 5.74) is 12.7. The summed E-state index contributed by atoms with van der Waals surface area (Å²) in [5, 5.41) is 3.34. The molecule has 8 aromatic rings. The first-order valence-corrected chi connectivity index (χ1v) is 17.8. The van der Waals surface area contributed by atoms with Gasteiger partial charge in [0.05, 0.1) is 20.8 Å². The number of hydrogen-bond acceptors (Lipinski definition) is 5. The maximum atomic E-state index is 6.54. The van der Waals surface area contributed by atoms with E-state index >= 15 is 0 Å². The van der Waals surface area contributed by atoms with Crippen molar-refractivity contribution in [3.8, 4) is 33.6 Å². The molecular weight excluding hydrogens is 823 g/mol. The van der Waals surface area contributed by atoms with Crippen LogP contribution < -0.4 is 0 Å². The first-order chi connectivity index (χ1) is 23.9. The fourth-order valence-electron chi connectivity index (χ4n) is 6.43. The number of aryl methyl sites for hydroxylation is 2. The molecule has 4 nitrogen and oxygen atoms in total. The van der Waals surface area contributed by atoms with E-state index in [1.54, 1.807) is 17.5 Å². The first kappa shape index (κ1) is 36.3. The Labute approximate surface area is 318 Å². The predicted octanol–water partition coefficient (Wildman–Crippen LogP) is 12.5. The molecule has 4 aromatic carbocycles. The molecule has 51 heavy (non-hydrogen) atoms. The Kier molecular flexibility index (Phi) is 10.2. The van der Waals surface area contributed by atoms with Crippen molar-refractivity contribution in [3.63, 3.8) is 0 Å². The van der Waals surface area contributed by atoms with E-state index in [-0.39, 0.29) is 30.9 Å². The van der Waals surface area contributed by atoms with Gasteiger partial charge in [-0.15, -0.1) is 65.4 Å². The van der Waals surface area contributed by atoms with E-state index < -0.39 is 0 Å². The normalized spacial score (nSPS) is 11.8. The molecule has 0 aliphatic rings. The second-order valence-corrected chi connectivity index (χ2v) is 15.9. The predicted molar refractivity (Wildman–Crippen MR) is 210 cm³/mol. The van der Waals surface area contributed by atoms with Gasteiger partial charge < -0.3 is 14.4 Å². The smallest absolute Gasteiger partial charge is 0.122 e. The van der Waals surface area contributed by atoms with Crippen molar-refractivity contribution in [2.45, 2.75) is 66.2 Å². The van der Waals surface area contributed by atoms with E-state index in [0.29, 0.717) is 0 Å². The molecule has 259 valence electrons. The molecule has 0 saturated carbocycles. The van der Waals surface area contributed by atoms with Crippen LogP contribution in [-0.2, 0) is 30.9 Å². The Morgan fingerprint density at radius 3 is 2.16 bits per heavy atom. The summed E-state index contributed by atoms with van der Waals surface area (Å²) in [6.07, 6.45) is 3.83. The maximum Gasteiger partial charge on any atom is 0.122 e. The Hall–Kier alpha value is -4.48.